The van der Waals surface area contributed by atoms with Crippen LogP contribution in [-0.2, 0) is 5.60 Å². The molecule has 0 bridgehead atoms. The Kier molecular flexibility index (Phi) is 5.42. The first-order valence-corrected chi connectivity index (χ1v) is 8.71. The van der Waals surface area contributed by atoms with Crippen molar-refractivity contribution < 1.29 is 5.11 Å². The van der Waals surface area contributed by atoms with Crippen molar-refractivity contribution in [3.8, 4) is 0 Å². The van der Waals surface area contributed by atoms with Gasteiger partial charge in [0, 0.05) is 6.20 Å². The molecular weight excluding hydrogens is 284 g/mol. The molecule has 2 heterocycles. The highest BCUT2D eigenvalue weighted by Gasteiger charge is 2.32. The molecule has 1 atom stereocenters. The van der Waals surface area contributed by atoms with Crippen LogP contribution in [0.15, 0.2) is 54.7 Å². The zero-order valence-corrected chi connectivity index (χ0v) is 13.7. The minimum atomic E-state index is -1.00. The van der Waals surface area contributed by atoms with Crippen molar-refractivity contribution >= 4 is 0 Å². The molecule has 1 aromatic heterocycles. The van der Waals surface area contributed by atoms with Crippen LogP contribution in [0.4, 0.5) is 0 Å². The zero-order valence-electron chi connectivity index (χ0n) is 13.7. The molecule has 2 aromatic rings. The van der Waals surface area contributed by atoms with Crippen molar-refractivity contribution in [2.24, 2.45) is 0 Å². The second-order valence-corrected chi connectivity index (χ2v) is 6.45. The molecule has 0 radical (unpaired) electrons. The first-order chi connectivity index (χ1) is 11.3. The van der Waals surface area contributed by atoms with Gasteiger partial charge in [0.25, 0.3) is 0 Å². The number of aromatic nitrogens is 1. The van der Waals surface area contributed by atoms with E-state index in [1.807, 2.05) is 48.5 Å². The zero-order chi connectivity index (χ0) is 16.0. The largest absolute Gasteiger partial charge is 0.379 e. The normalized spacial score (nSPS) is 18.5. The van der Waals surface area contributed by atoms with Crippen molar-refractivity contribution in [2.75, 3.05) is 19.6 Å². The summed E-state index contributed by atoms with van der Waals surface area (Å²) in [6.07, 6.45) is 7.41. The summed E-state index contributed by atoms with van der Waals surface area (Å²) in [5, 5.41) is 11.4. The van der Waals surface area contributed by atoms with Gasteiger partial charge < -0.3 is 10.0 Å². The summed E-state index contributed by atoms with van der Waals surface area (Å²) in [4.78, 5) is 6.95. The minimum absolute atomic E-state index is 0.699. The first kappa shape index (κ1) is 16.2. The molecule has 0 aliphatic carbocycles. The summed E-state index contributed by atoms with van der Waals surface area (Å²) in [5.74, 6) is 0. The van der Waals surface area contributed by atoms with Gasteiger partial charge in [-0.1, -0.05) is 42.8 Å². The van der Waals surface area contributed by atoms with Crippen LogP contribution in [0.5, 0.6) is 0 Å². The molecule has 0 saturated carbocycles. The SMILES string of the molecule is OC(CCCN1CCCCC1)(c1ccccc1)c1ccccn1. The van der Waals surface area contributed by atoms with Crippen molar-refractivity contribution in [1.82, 2.24) is 9.88 Å². The third-order valence-electron chi connectivity index (χ3n) is 4.80. The molecule has 3 heteroatoms. The lowest BCUT2D eigenvalue weighted by Crippen LogP contribution is -2.33. The molecule has 0 amide bonds. The summed E-state index contributed by atoms with van der Waals surface area (Å²) in [6.45, 7) is 3.46. The number of hydrogen-bond acceptors (Lipinski definition) is 3. The number of benzene rings is 1. The van der Waals surface area contributed by atoms with Crippen molar-refractivity contribution in [3.63, 3.8) is 0 Å². The van der Waals surface area contributed by atoms with E-state index >= 15 is 0 Å². The van der Waals surface area contributed by atoms with Gasteiger partial charge in [-0.05, 0) is 63.0 Å². The fraction of sp³-hybridized carbons (Fsp3) is 0.450. The maximum Gasteiger partial charge on any atom is 0.131 e. The van der Waals surface area contributed by atoms with E-state index in [-0.39, 0.29) is 0 Å². The maximum absolute atomic E-state index is 11.4. The van der Waals surface area contributed by atoms with Gasteiger partial charge in [0.1, 0.15) is 5.60 Å². The van der Waals surface area contributed by atoms with Crippen molar-refractivity contribution in [1.29, 1.82) is 0 Å². The Morgan fingerprint density at radius 2 is 1.70 bits per heavy atom. The van der Waals surface area contributed by atoms with E-state index < -0.39 is 5.60 Å². The third-order valence-corrected chi connectivity index (χ3v) is 4.80. The first-order valence-electron chi connectivity index (χ1n) is 8.71. The van der Waals surface area contributed by atoms with Crippen LogP contribution in [0, 0.1) is 0 Å². The Bertz CT molecular complexity index is 540. The number of nitrogens with zero attached hydrogens (tertiary/aromatic N) is 2. The third kappa shape index (κ3) is 3.98. The molecule has 1 saturated heterocycles. The molecule has 23 heavy (non-hydrogen) atoms. The fourth-order valence-corrected chi connectivity index (χ4v) is 3.48. The van der Waals surface area contributed by atoms with Crippen LogP contribution < -0.4 is 0 Å². The highest BCUT2D eigenvalue weighted by atomic mass is 16.3. The number of pyridine rings is 1. The smallest absolute Gasteiger partial charge is 0.131 e. The summed E-state index contributed by atoms with van der Waals surface area (Å²) in [5.41, 5.74) is 0.667. The lowest BCUT2D eigenvalue weighted by Gasteiger charge is -2.31. The van der Waals surface area contributed by atoms with E-state index in [0.29, 0.717) is 6.42 Å². The second kappa shape index (κ2) is 7.71. The number of piperidine rings is 1. The summed E-state index contributed by atoms with van der Waals surface area (Å²) < 4.78 is 0. The molecule has 0 spiro atoms. The summed E-state index contributed by atoms with van der Waals surface area (Å²) in [7, 11) is 0. The molecule has 1 aliphatic heterocycles. The van der Waals surface area contributed by atoms with E-state index in [0.717, 1.165) is 24.2 Å². The van der Waals surface area contributed by atoms with E-state index in [1.54, 1.807) is 6.20 Å². The van der Waals surface area contributed by atoms with Crippen LogP contribution in [0.3, 0.4) is 0 Å². The molecule has 3 nitrogen and oxygen atoms in total. The quantitative estimate of drug-likeness (QED) is 0.886. The average Bonchev–Trinajstić information content (AvgIpc) is 2.64. The van der Waals surface area contributed by atoms with Crippen LogP contribution >= 0.6 is 0 Å². The predicted molar refractivity (Wildman–Crippen MR) is 93.2 cm³/mol. The number of rotatable bonds is 6. The van der Waals surface area contributed by atoms with Crippen LogP contribution in [0.2, 0.25) is 0 Å². The highest BCUT2D eigenvalue weighted by molar-refractivity contribution is 5.31. The molecule has 1 unspecified atom stereocenters. The highest BCUT2D eigenvalue weighted by Crippen LogP contribution is 2.32. The van der Waals surface area contributed by atoms with E-state index in [2.05, 4.69) is 9.88 Å². The molecule has 3 rings (SSSR count). The molecule has 1 aromatic carbocycles. The van der Waals surface area contributed by atoms with E-state index in [4.69, 9.17) is 0 Å². The number of likely N-dealkylation sites (tertiary alicyclic amines) is 1. The lowest BCUT2D eigenvalue weighted by molar-refractivity contribution is 0.0595. The average molecular weight is 310 g/mol. The fourth-order valence-electron chi connectivity index (χ4n) is 3.48. The Hall–Kier alpha value is -1.71. The Morgan fingerprint density at radius 1 is 0.957 bits per heavy atom. The second-order valence-electron chi connectivity index (χ2n) is 6.45. The molecular formula is C20H26N2O. The Labute approximate surface area is 139 Å². The molecule has 122 valence electrons. The van der Waals surface area contributed by atoms with Gasteiger partial charge in [-0.25, -0.2) is 0 Å². The summed E-state index contributed by atoms with van der Waals surface area (Å²) in [6, 6.07) is 15.7. The monoisotopic (exact) mass is 310 g/mol. The van der Waals surface area contributed by atoms with E-state index in [1.165, 1.54) is 32.4 Å². The molecule has 1 fully saturated rings. The van der Waals surface area contributed by atoms with Gasteiger partial charge in [-0.3, -0.25) is 4.98 Å². The Balaban J connectivity index is 1.73. The van der Waals surface area contributed by atoms with Crippen LogP contribution in [-0.4, -0.2) is 34.6 Å². The van der Waals surface area contributed by atoms with E-state index in [9.17, 15) is 5.11 Å². The maximum atomic E-state index is 11.4. The van der Waals surface area contributed by atoms with Gasteiger partial charge in [-0.2, -0.15) is 0 Å². The van der Waals surface area contributed by atoms with Gasteiger partial charge in [-0.15, -0.1) is 0 Å². The molecule has 1 N–H and O–H groups in total. The van der Waals surface area contributed by atoms with Crippen LogP contribution in [0.25, 0.3) is 0 Å². The molecule has 1 aliphatic rings. The standard InChI is InChI=1S/C20H26N2O/c23-20(18-10-3-1-4-11-18,19-12-5-6-14-21-19)13-9-17-22-15-7-2-8-16-22/h1,3-6,10-12,14,23H,2,7-9,13,15-17H2. The van der Waals surface area contributed by atoms with Gasteiger partial charge in [0.2, 0.25) is 0 Å². The lowest BCUT2D eigenvalue weighted by atomic mass is 9.85. The minimum Gasteiger partial charge on any atom is -0.379 e. The van der Waals surface area contributed by atoms with Crippen molar-refractivity contribution in [3.05, 3.63) is 66.0 Å². The topological polar surface area (TPSA) is 36.4 Å². The van der Waals surface area contributed by atoms with Gasteiger partial charge >= 0.3 is 0 Å². The van der Waals surface area contributed by atoms with Crippen molar-refractivity contribution in [2.45, 2.75) is 37.7 Å². The Morgan fingerprint density at radius 3 is 2.39 bits per heavy atom. The predicted octanol–water partition coefficient (Wildman–Crippen LogP) is 3.58. The van der Waals surface area contributed by atoms with Gasteiger partial charge in [0.15, 0.2) is 0 Å². The van der Waals surface area contributed by atoms with Gasteiger partial charge in [0.05, 0.1) is 5.69 Å². The number of aliphatic hydroxyl groups is 1. The number of hydrogen-bond donors (Lipinski definition) is 1. The van der Waals surface area contributed by atoms with Crippen LogP contribution in [0.1, 0.15) is 43.4 Å². The summed E-state index contributed by atoms with van der Waals surface area (Å²) >= 11 is 0.